The SMILES string of the molecule is C=C(C)COP(=O)(O)OP(=O)(O)O. The smallest absolute Gasteiger partial charge is 0.302 e. The van der Waals surface area contributed by atoms with Crippen molar-refractivity contribution in [3.63, 3.8) is 0 Å². The van der Waals surface area contributed by atoms with Crippen LogP contribution in [0.5, 0.6) is 0 Å². The van der Waals surface area contributed by atoms with Crippen molar-refractivity contribution in [2.75, 3.05) is 6.61 Å². The Labute approximate surface area is 74.9 Å². The van der Waals surface area contributed by atoms with Crippen molar-refractivity contribution < 1.29 is 32.6 Å². The Balaban J connectivity index is 4.18. The lowest BCUT2D eigenvalue weighted by atomic mass is 10.4. The molecule has 0 radical (unpaired) electrons. The Hall–Kier alpha value is -0.0000000000000000416. The van der Waals surface area contributed by atoms with E-state index in [0.29, 0.717) is 5.57 Å². The van der Waals surface area contributed by atoms with Gasteiger partial charge in [-0.25, -0.2) is 9.13 Å². The Kier molecular flexibility index (Phi) is 4.48. The van der Waals surface area contributed by atoms with E-state index in [2.05, 4.69) is 15.4 Å². The first-order valence-corrected chi connectivity index (χ1v) is 6.03. The molecule has 0 fully saturated rings. The lowest BCUT2D eigenvalue weighted by Gasteiger charge is -2.11. The summed E-state index contributed by atoms with van der Waals surface area (Å²) in [4.78, 5) is 25.0. The summed E-state index contributed by atoms with van der Waals surface area (Å²) >= 11 is 0. The molecular weight excluding hydrogens is 222 g/mol. The first kappa shape index (κ1) is 13.0. The van der Waals surface area contributed by atoms with Crippen molar-refractivity contribution in [1.82, 2.24) is 0 Å². The lowest BCUT2D eigenvalue weighted by Crippen LogP contribution is -1.96. The van der Waals surface area contributed by atoms with Gasteiger partial charge in [0.25, 0.3) is 0 Å². The minimum Gasteiger partial charge on any atom is -0.302 e. The van der Waals surface area contributed by atoms with Gasteiger partial charge >= 0.3 is 15.6 Å². The third-order valence-electron chi connectivity index (χ3n) is 0.684. The monoisotopic (exact) mass is 232 g/mol. The van der Waals surface area contributed by atoms with Gasteiger partial charge in [-0.05, 0) is 6.92 Å². The first-order valence-electron chi connectivity index (χ1n) is 3.01. The minimum atomic E-state index is -5.01. The van der Waals surface area contributed by atoms with Crippen molar-refractivity contribution in [2.45, 2.75) is 6.92 Å². The van der Waals surface area contributed by atoms with Crippen LogP contribution in [0.25, 0.3) is 0 Å². The zero-order chi connectivity index (χ0) is 10.7. The second kappa shape index (κ2) is 4.48. The molecule has 0 saturated heterocycles. The van der Waals surface area contributed by atoms with E-state index in [0.717, 1.165) is 0 Å². The number of phosphoric ester groups is 1. The van der Waals surface area contributed by atoms with Crippen LogP contribution < -0.4 is 0 Å². The standard InChI is InChI=1S/C4H10O7P2/c1-4(2)3-10-13(8,9)11-12(5,6)7/h1,3H2,2H3,(H,8,9)(H2,5,6,7). The van der Waals surface area contributed by atoms with Crippen molar-refractivity contribution in [2.24, 2.45) is 0 Å². The third-order valence-corrected chi connectivity index (χ3v) is 2.82. The van der Waals surface area contributed by atoms with Gasteiger partial charge in [0, 0.05) is 0 Å². The van der Waals surface area contributed by atoms with Gasteiger partial charge in [0.1, 0.15) is 0 Å². The van der Waals surface area contributed by atoms with Gasteiger partial charge in [0.15, 0.2) is 0 Å². The maximum Gasteiger partial charge on any atom is 0.481 e. The summed E-state index contributed by atoms with van der Waals surface area (Å²) in [6.45, 7) is 4.55. The highest BCUT2D eigenvalue weighted by molar-refractivity contribution is 7.60. The van der Waals surface area contributed by atoms with E-state index in [-0.39, 0.29) is 6.61 Å². The summed E-state index contributed by atoms with van der Waals surface area (Å²) < 4.78 is 28.5. The molecule has 0 aliphatic heterocycles. The summed E-state index contributed by atoms with van der Waals surface area (Å²) in [6.07, 6.45) is 0. The highest BCUT2D eigenvalue weighted by Crippen LogP contribution is 2.57. The molecule has 0 aromatic rings. The molecule has 0 heterocycles. The van der Waals surface area contributed by atoms with E-state index >= 15 is 0 Å². The summed E-state index contributed by atoms with van der Waals surface area (Å²) in [7, 11) is -9.71. The number of hydrogen-bond acceptors (Lipinski definition) is 4. The van der Waals surface area contributed by atoms with Gasteiger partial charge in [-0.2, -0.15) is 4.31 Å². The van der Waals surface area contributed by atoms with E-state index in [4.69, 9.17) is 14.7 Å². The quantitative estimate of drug-likeness (QED) is 0.474. The molecule has 0 bridgehead atoms. The zero-order valence-corrected chi connectivity index (χ0v) is 8.57. The van der Waals surface area contributed by atoms with E-state index < -0.39 is 15.6 Å². The molecule has 0 aromatic heterocycles. The Morgan fingerprint density at radius 1 is 1.38 bits per heavy atom. The second-order valence-corrected chi connectivity index (χ2v) is 5.10. The summed E-state index contributed by atoms with van der Waals surface area (Å²) in [6, 6.07) is 0. The minimum absolute atomic E-state index is 0.312. The molecule has 7 nitrogen and oxygen atoms in total. The van der Waals surface area contributed by atoms with Crippen LogP contribution in [0, 0.1) is 0 Å². The number of phosphoric acid groups is 2. The van der Waals surface area contributed by atoms with Crippen molar-refractivity contribution in [3.05, 3.63) is 12.2 Å². The van der Waals surface area contributed by atoms with Crippen molar-refractivity contribution in [1.29, 1.82) is 0 Å². The Bertz CT molecular complexity index is 278. The van der Waals surface area contributed by atoms with E-state index in [1.54, 1.807) is 0 Å². The van der Waals surface area contributed by atoms with E-state index in [1.165, 1.54) is 6.92 Å². The highest BCUT2D eigenvalue weighted by atomic mass is 31.3. The van der Waals surface area contributed by atoms with Crippen LogP contribution in [-0.4, -0.2) is 21.3 Å². The number of rotatable bonds is 5. The van der Waals surface area contributed by atoms with Crippen LogP contribution in [0.1, 0.15) is 6.92 Å². The molecule has 0 saturated carbocycles. The molecule has 9 heteroatoms. The van der Waals surface area contributed by atoms with Crippen LogP contribution in [-0.2, 0) is 18.0 Å². The maximum atomic E-state index is 10.7. The normalized spacial score (nSPS) is 16.6. The van der Waals surface area contributed by atoms with Gasteiger partial charge < -0.3 is 14.7 Å². The van der Waals surface area contributed by atoms with Crippen LogP contribution in [0.4, 0.5) is 0 Å². The lowest BCUT2D eigenvalue weighted by molar-refractivity contribution is 0.188. The van der Waals surface area contributed by atoms with Gasteiger partial charge in [-0.1, -0.05) is 12.2 Å². The fourth-order valence-corrected chi connectivity index (χ4v) is 2.00. The zero-order valence-electron chi connectivity index (χ0n) is 6.78. The van der Waals surface area contributed by atoms with Gasteiger partial charge in [0.2, 0.25) is 0 Å². The topological polar surface area (TPSA) is 113 Å². The molecule has 1 unspecified atom stereocenters. The molecule has 0 aliphatic carbocycles. The summed E-state index contributed by atoms with van der Waals surface area (Å²) in [5.41, 5.74) is 0.420. The third kappa shape index (κ3) is 8.33. The highest BCUT2D eigenvalue weighted by Gasteiger charge is 2.31. The van der Waals surface area contributed by atoms with Gasteiger partial charge in [-0.3, -0.25) is 4.52 Å². The van der Waals surface area contributed by atoms with E-state index in [1.807, 2.05) is 0 Å². The largest absolute Gasteiger partial charge is 0.481 e. The van der Waals surface area contributed by atoms with E-state index in [9.17, 15) is 9.13 Å². The maximum absolute atomic E-state index is 10.7. The molecule has 1 atom stereocenters. The van der Waals surface area contributed by atoms with Crippen LogP contribution in [0.3, 0.4) is 0 Å². The predicted molar refractivity (Wildman–Crippen MR) is 43.7 cm³/mol. The molecule has 0 amide bonds. The molecule has 78 valence electrons. The molecule has 13 heavy (non-hydrogen) atoms. The predicted octanol–water partition coefficient (Wildman–Crippen LogP) is 0.789. The number of hydrogen-bond donors (Lipinski definition) is 3. The molecule has 0 aromatic carbocycles. The molecule has 0 rings (SSSR count). The summed E-state index contributed by atoms with van der Waals surface area (Å²) in [5.74, 6) is 0. The van der Waals surface area contributed by atoms with Crippen LogP contribution >= 0.6 is 15.6 Å². The molecule has 3 N–H and O–H groups in total. The first-order chi connectivity index (χ1) is 5.62. The average Bonchev–Trinajstić information content (AvgIpc) is 1.78. The van der Waals surface area contributed by atoms with Crippen molar-refractivity contribution in [3.8, 4) is 0 Å². The van der Waals surface area contributed by atoms with Gasteiger partial charge in [-0.15, -0.1) is 0 Å². The van der Waals surface area contributed by atoms with Crippen LogP contribution in [0.15, 0.2) is 12.2 Å². The molecular formula is C4H10O7P2. The van der Waals surface area contributed by atoms with Crippen LogP contribution in [0.2, 0.25) is 0 Å². The summed E-state index contributed by atoms with van der Waals surface area (Å²) in [5, 5.41) is 0. The molecule has 0 spiro atoms. The fourth-order valence-electron chi connectivity index (χ4n) is 0.350. The average molecular weight is 232 g/mol. The Morgan fingerprint density at radius 3 is 2.15 bits per heavy atom. The van der Waals surface area contributed by atoms with Crippen molar-refractivity contribution >= 4 is 15.6 Å². The fraction of sp³-hybridized carbons (Fsp3) is 0.500. The second-order valence-electron chi connectivity index (χ2n) is 2.27. The van der Waals surface area contributed by atoms with Gasteiger partial charge in [0.05, 0.1) is 6.61 Å². The Morgan fingerprint density at radius 2 is 1.85 bits per heavy atom. The molecule has 0 aliphatic rings.